The number of benzene rings is 1. The van der Waals surface area contributed by atoms with Crippen LogP contribution in [0.5, 0.6) is 0 Å². The Balaban J connectivity index is 1.77. The Hall–Kier alpha value is -2.89. The van der Waals surface area contributed by atoms with Crippen molar-refractivity contribution >= 4 is 5.91 Å². The van der Waals surface area contributed by atoms with Crippen LogP contribution in [0.15, 0.2) is 42.6 Å². The molecule has 6 nitrogen and oxygen atoms in total. The van der Waals surface area contributed by atoms with Gasteiger partial charge in [-0.2, -0.15) is 10.2 Å². The molecule has 2 heterocycles. The zero-order valence-corrected chi connectivity index (χ0v) is 15.0. The first-order valence-corrected chi connectivity index (χ1v) is 8.32. The average Bonchev–Trinajstić information content (AvgIpc) is 3.20. The average molecular weight is 337 g/mol. The molecule has 0 aliphatic rings. The summed E-state index contributed by atoms with van der Waals surface area (Å²) in [4.78, 5) is 14.5. The highest BCUT2D eigenvalue weighted by Crippen LogP contribution is 2.22. The fraction of sp³-hybridized carbons (Fsp3) is 0.316. The van der Waals surface area contributed by atoms with Crippen molar-refractivity contribution in [3.8, 4) is 11.3 Å². The fourth-order valence-electron chi connectivity index (χ4n) is 3.08. The van der Waals surface area contributed by atoms with E-state index in [2.05, 4.69) is 15.3 Å². The Morgan fingerprint density at radius 3 is 2.64 bits per heavy atom. The number of aromatic amines is 1. The van der Waals surface area contributed by atoms with Crippen LogP contribution in [0.3, 0.4) is 0 Å². The van der Waals surface area contributed by atoms with E-state index < -0.39 is 0 Å². The number of nitrogens with zero attached hydrogens (tertiary/aromatic N) is 4. The van der Waals surface area contributed by atoms with Gasteiger partial charge in [-0.25, -0.2) is 0 Å². The Kier molecular flexibility index (Phi) is 4.70. The van der Waals surface area contributed by atoms with E-state index in [9.17, 15) is 4.79 Å². The fourth-order valence-corrected chi connectivity index (χ4v) is 3.08. The van der Waals surface area contributed by atoms with Crippen molar-refractivity contribution in [2.75, 3.05) is 7.05 Å². The molecule has 25 heavy (non-hydrogen) atoms. The normalized spacial score (nSPS) is 12.2. The molecule has 0 radical (unpaired) electrons. The van der Waals surface area contributed by atoms with Crippen molar-refractivity contribution in [3.63, 3.8) is 0 Å². The van der Waals surface area contributed by atoms with Crippen LogP contribution in [0.4, 0.5) is 0 Å². The maximum Gasteiger partial charge on any atom is 0.247 e. The number of carbonyl (C=O) groups is 1. The van der Waals surface area contributed by atoms with Gasteiger partial charge in [-0.05, 0) is 32.4 Å². The number of hydrogen-bond donors (Lipinski definition) is 1. The number of aryl methyl sites for hydroxylation is 2. The van der Waals surface area contributed by atoms with E-state index in [1.165, 1.54) is 0 Å². The van der Waals surface area contributed by atoms with E-state index in [-0.39, 0.29) is 11.9 Å². The Bertz CT molecular complexity index is 865. The van der Waals surface area contributed by atoms with Crippen LogP contribution < -0.4 is 0 Å². The molecule has 0 spiro atoms. The molecule has 2 aromatic heterocycles. The van der Waals surface area contributed by atoms with Gasteiger partial charge in [0.2, 0.25) is 5.91 Å². The summed E-state index contributed by atoms with van der Waals surface area (Å²) in [6.07, 6.45) is 1.78. The number of hydrogen-bond acceptors (Lipinski definition) is 3. The first kappa shape index (κ1) is 17.0. The Morgan fingerprint density at radius 2 is 2.00 bits per heavy atom. The highest BCUT2D eigenvalue weighted by Gasteiger charge is 2.22. The summed E-state index contributed by atoms with van der Waals surface area (Å²) >= 11 is 0. The lowest BCUT2D eigenvalue weighted by molar-refractivity contribution is -0.133. The maximum atomic E-state index is 12.8. The number of amides is 1. The monoisotopic (exact) mass is 337 g/mol. The van der Waals surface area contributed by atoms with Gasteiger partial charge < -0.3 is 4.90 Å². The van der Waals surface area contributed by atoms with Gasteiger partial charge >= 0.3 is 0 Å². The summed E-state index contributed by atoms with van der Waals surface area (Å²) in [5, 5.41) is 11.6. The Labute approximate surface area is 147 Å². The molecule has 0 fully saturated rings. The third-order valence-corrected chi connectivity index (χ3v) is 4.33. The van der Waals surface area contributed by atoms with Crippen molar-refractivity contribution in [2.24, 2.45) is 0 Å². The maximum absolute atomic E-state index is 12.8. The van der Waals surface area contributed by atoms with Gasteiger partial charge in [-0.15, -0.1) is 0 Å². The lowest BCUT2D eigenvalue weighted by Gasteiger charge is -2.22. The summed E-state index contributed by atoms with van der Waals surface area (Å²) < 4.78 is 1.78. The summed E-state index contributed by atoms with van der Waals surface area (Å²) in [5.74, 6) is 0.0198. The highest BCUT2D eigenvalue weighted by molar-refractivity contribution is 5.80. The molecule has 1 atom stereocenters. The van der Waals surface area contributed by atoms with Crippen LogP contribution in [0.25, 0.3) is 11.3 Å². The van der Waals surface area contributed by atoms with Gasteiger partial charge in [0.25, 0.3) is 0 Å². The smallest absolute Gasteiger partial charge is 0.247 e. The molecule has 1 aromatic carbocycles. The molecular formula is C19H23N5O. The van der Waals surface area contributed by atoms with Crippen molar-refractivity contribution < 1.29 is 4.79 Å². The third kappa shape index (κ3) is 3.47. The van der Waals surface area contributed by atoms with Crippen LogP contribution in [-0.4, -0.2) is 37.8 Å². The predicted molar refractivity (Wildman–Crippen MR) is 96.9 cm³/mol. The summed E-state index contributed by atoms with van der Waals surface area (Å²) in [7, 11) is 1.81. The van der Waals surface area contributed by atoms with Gasteiger partial charge in [0, 0.05) is 24.8 Å². The second kappa shape index (κ2) is 6.93. The molecular weight excluding hydrogens is 314 g/mol. The third-order valence-electron chi connectivity index (χ3n) is 4.33. The molecule has 130 valence electrons. The lowest BCUT2D eigenvalue weighted by atomic mass is 10.1. The summed E-state index contributed by atoms with van der Waals surface area (Å²) in [6.45, 7) is 6.27. The molecule has 6 heteroatoms. The molecule has 0 saturated heterocycles. The standard InChI is InChI=1S/C19H23N5O/c1-13-10-14(2)24(22-13)15(3)19(25)23(4)12-17-11-20-21-18(17)16-8-6-5-7-9-16/h5-11,15H,12H2,1-4H3,(H,20,21)/t15-/m1/s1. The van der Waals surface area contributed by atoms with Crippen LogP contribution in [0.2, 0.25) is 0 Å². The number of rotatable bonds is 5. The van der Waals surface area contributed by atoms with E-state index in [1.54, 1.807) is 15.8 Å². The van der Waals surface area contributed by atoms with Crippen LogP contribution >= 0.6 is 0 Å². The predicted octanol–water partition coefficient (Wildman–Crippen LogP) is 3.11. The van der Waals surface area contributed by atoms with E-state index >= 15 is 0 Å². The van der Waals surface area contributed by atoms with Gasteiger partial charge in [-0.3, -0.25) is 14.6 Å². The zero-order valence-electron chi connectivity index (χ0n) is 15.0. The number of carbonyl (C=O) groups excluding carboxylic acids is 1. The first-order valence-electron chi connectivity index (χ1n) is 8.32. The summed E-state index contributed by atoms with van der Waals surface area (Å²) in [6, 6.07) is 11.6. The van der Waals surface area contributed by atoms with Gasteiger partial charge in [-0.1, -0.05) is 30.3 Å². The lowest BCUT2D eigenvalue weighted by Crippen LogP contribution is -2.33. The number of nitrogens with one attached hydrogen (secondary N) is 1. The summed E-state index contributed by atoms with van der Waals surface area (Å²) in [5.41, 5.74) is 4.89. The van der Waals surface area contributed by atoms with Crippen molar-refractivity contribution in [3.05, 3.63) is 59.5 Å². The molecule has 0 saturated carbocycles. The van der Waals surface area contributed by atoms with Gasteiger partial charge in [0.15, 0.2) is 0 Å². The zero-order chi connectivity index (χ0) is 18.0. The largest absolute Gasteiger partial charge is 0.339 e. The van der Waals surface area contributed by atoms with Gasteiger partial charge in [0.1, 0.15) is 6.04 Å². The van der Waals surface area contributed by atoms with Crippen LogP contribution in [-0.2, 0) is 11.3 Å². The molecule has 0 bridgehead atoms. The molecule has 0 unspecified atom stereocenters. The van der Waals surface area contributed by atoms with Crippen LogP contribution in [0, 0.1) is 13.8 Å². The minimum absolute atomic E-state index is 0.0198. The van der Waals surface area contributed by atoms with E-state index in [4.69, 9.17) is 0 Å². The molecule has 1 amide bonds. The van der Waals surface area contributed by atoms with Crippen molar-refractivity contribution in [1.82, 2.24) is 24.9 Å². The highest BCUT2D eigenvalue weighted by atomic mass is 16.2. The molecule has 1 N–H and O–H groups in total. The van der Waals surface area contributed by atoms with E-state index in [0.717, 1.165) is 28.2 Å². The minimum Gasteiger partial charge on any atom is -0.339 e. The van der Waals surface area contributed by atoms with E-state index in [0.29, 0.717) is 6.54 Å². The molecule has 3 aromatic rings. The Morgan fingerprint density at radius 1 is 1.28 bits per heavy atom. The van der Waals surface area contributed by atoms with Crippen LogP contribution in [0.1, 0.15) is 29.9 Å². The quantitative estimate of drug-likeness (QED) is 0.778. The second-order valence-corrected chi connectivity index (χ2v) is 6.38. The number of H-pyrrole nitrogens is 1. The minimum atomic E-state index is -0.342. The number of likely N-dealkylation sites (N-methyl/N-ethyl adjacent to an activating group) is 1. The first-order chi connectivity index (χ1) is 12.0. The topological polar surface area (TPSA) is 66.8 Å². The molecule has 0 aliphatic heterocycles. The molecule has 3 rings (SSSR count). The number of aromatic nitrogens is 4. The van der Waals surface area contributed by atoms with E-state index in [1.807, 2.05) is 64.2 Å². The molecule has 0 aliphatic carbocycles. The van der Waals surface area contributed by atoms with Gasteiger partial charge in [0.05, 0.1) is 17.6 Å². The van der Waals surface area contributed by atoms with Crippen molar-refractivity contribution in [1.29, 1.82) is 0 Å². The van der Waals surface area contributed by atoms with Crippen molar-refractivity contribution in [2.45, 2.75) is 33.4 Å². The SMILES string of the molecule is Cc1cc(C)n([C@H](C)C(=O)N(C)Cc2cn[nH]c2-c2ccccc2)n1. The second-order valence-electron chi connectivity index (χ2n) is 6.38.